The Morgan fingerprint density at radius 1 is 1.25 bits per heavy atom. The molecular formula is C18H26N2O4. The number of benzene rings is 1. The molecule has 132 valence electrons. The largest absolute Gasteiger partial charge is 0.493 e. The molecule has 3 rings (SSSR count). The minimum Gasteiger partial charge on any atom is -0.493 e. The molecule has 1 amide bonds. The van der Waals surface area contributed by atoms with Crippen LogP contribution < -0.4 is 14.8 Å². The van der Waals surface area contributed by atoms with Gasteiger partial charge in [-0.3, -0.25) is 9.69 Å². The summed E-state index contributed by atoms with van der Waals surface area (Å²) in [5.41, 5.74) is 1.12. The number of methoxy groups -OCH3 is 2. The number of morpholine rings is 1. The molecule has 2 aliphatic rings. The Kier molecular flexibility index (Phi) is 5.58. The monoisotopic (exact) mass is 334 g/mol. The van der Waals surface area contributed by atoms with Crippen molar-refractivity contribution in [2.24, 2.45) is 5.92 Å². The molecule has 1 atom stereocenters. The molecule has 2 fully saturated rings. The lowest BCUT2D eigenvalue weighted by atomic mass is 10.0. The lowest BCUT2D eigenvalue weighted by molar-refractivity contribution is -0.122. The molecule has 1 unspecified atom stereocenters. The Morgan fingerprint density at radius 2 is 1.96 bits per heavy atom. The normalized spacial score (nSPS) is 19.6. The molecule has 1 saturated heterocycles. The zero-order valence-corrected chi connectivity index (χ0v) is 14.4. The summed E-state index contributed by atoms with van der Waals surface area (Å²) in [6.07, 6.45) is 2.04. The van der Waals surface area contributed by atoms with Crippen molar-refractivity contribution >= 4 is 5.91 Å². The van der Waals surface area contributed by atoms with Crippen molar-refractivity contribution in [2.45, 2.75) is 18.9 Å². The summed E-state index contributed by atoms with van der Waals surface area (Å²) < 4.78 is 16.2. The third-order valence-electron chi connectivity index (χ3n) is 4.70. The van der Waals surface area contributed by atoms with Crippen LogP contribution in [0.25, 0.3) is 0 Å². The van der Waals surface area contributed by atoms with Gasteiger partial charge in [0.25, 0.3) is 0 Å². The zero-order chi connectivity index (χ0) is 16.9. The van der Waals surface area contributed by atoms with E-state index >= 15 is 0 Å². The van der Waals surface area contributed by atoms with Crippen LogP contribution in [0.2, 0.25) is 0 Å². The van der Waals surface area contributed by atoms with Crippen LogP contribution in [-0.2, 0) is 9.53 Å². The van der Waals surface area contributed by atoms with E-state index in [1.54, 1.807) is 14.2 Å². The van der Waals surface area contributed by atoms with Crippen LogP contribution in [0.3, 0.4) is 0 Å². The summed E-state index contributed by atoms with van der Waals surface area (Å²) >= 11 is 0. The summed E-state index contributed by atoms with van der Waals surface area (Å²) in [6, 6.07) is 6.08. The summed E-state index contributed by atoms with van der Waals surface area (Å²) in [5.74, 6) is 1.82. The summed E-state index contributed by atoms with van der Waals surface area (Å²) in [7, 11) is 3.27. The van der Waals surface area contributed by atoms with Crippen molar-refractivity contribution in [1.29, 1.82) is 0 Å². The molecule has 1 N–H and O–H groups in total. The molecule has 6 nitrogen and oxygen atoms in total. The van der Waals surface area contributed by atoms with Crippen LogP contribution in [0.5, 0.6) is 11.5 Å². The van der Waals surface area contributed by atoms with Gasteiger partial charge >= 0.3 is 0 Å². The van der Waals surface area contributed by atoms with Gasteiger partial charge in [-0.15, -0.1) is 0 Å². The van der Waals surface area contributed by atoms with Crippen molar-refractivity contribution < 1.29 is 19.0 Å². The Morgan fingerprint density at radius 3 is 2.58 bits per heavy atom. The number of rotatable bonds is 7. The number of nitrogens with one attached hydrogen (secondary N) is 1. The third-order valence-corrected chi connectivity index (χ3v) is 4.70. The van der Waals surface area contributed by atoms with E-state index in [0.717, 1.165) is 44.7 Å². The van der Waals surface area contributed by atoms with Crippen molar-refractivity contribution in [3.05, 3.63) is 23.8 Å². The lowest BCUT2D eigenvalue weighted by Crippen LogP contribution is -2.44. The molecule has 1 aliphatic carbocycles. The number of nitrogens with zero attached hydrogens (tertiary/aromatic N) is 1. The minimum absolute atomic E-state index is 0.108. The van der Waals surface area contributed by atoms with Crippen LogP contribution in [0.1, 0.15) is 24.4 Å². The number of hydrogen-bond acceptors (Lipinski definition) is 5. The van der Waals surface area contributed by atoms with Gasteiger partial charge in [-0.25, -0.2) is 0 Å². The molecule has 0 spiro atoms. The predicted molar refractivity (Wildman–Crippen MR) is 90.4 cm³/mol. The highest BCUT2D eigenvalue weighted by Crippen LogP contribution is 2.33. The fraction of sp³-hybridized carbons (Fsp3) is 0.611. The van der Waals surface area contributed by atoms with Crippen LogP contribution in [0.4, 0.5) is 0 Å². The van der Waals surface area contributed by atoms with Gasteiger partial charge in [-0.05, 0) is 30.5 Å². The second-order valence-electron chi connectivity index (χ2n) is 6.30. The fourth-order valence-electron chi connectivity index (χ4n) is 3.09. The van der Waals surface area contributed by atoms with Crippen molar-refractivity contribution in [3.63, 3.8) is 0 Å². The van der Waals surface area contributed by atoms with Crippen molar-refractivity contribution in [2.75, 3.05) is 47.1 Å². The minimum atomic E-state index is 0.108. The Hall–Kier alpha value is -1.79. The maximum atomic E-state index is 12.0. The smallest absolute Gasteiger partial charge is 0.223 e. The molecule has 1 aromatic rings. The first kappa shape index (κ1) is 17.0. The maximum Gasteiger partial charge on any atom is 0.223 e. The topological polar surface area (TPSA) is 60.0 Å². The molecule has 1 aromatic carbocycles. The zero-order valence-electron chi connectivity index (χ0n) is 14.4. The number of amides is 1. The summed E-state index contributed by atoms with van der Waals surface area (Å²) in [4.78, 5) is 14.4. The van der Waals surface area contributed by atoms with Gasteiger partial charge in [-0.1, -0.05) is 6.07 Å². The van der Waals surface area contributed by atoms with Gasteiger partial charge < -0.3 is 19.5 Å². The first-order valence-electron chi connectivity index (χ1n) is 8.54. The van der Waals surface area contributed by atoms with Gasteiger partial charge in [0.1, 0.15) is 0 Å². The average Bonchev–Trinajstić information content (AvgIpc) is 3.47. The molecule has 6 heteroatoms. The number of ether oxygens (including phenoxy) is 3. The number of hydrogen-bond donors (Lipinski definition) is 1. The second-order valence-corrected chi connectivity index (χ2v) is 6.30. The average molecular weight is 334 g/mol. The Balaban J connectivity index is 1.78. The van der Waals surface area contributed by atoms with E-state index in [4.69, 9.17) is 14.2 Å². The summed E-state index contributed by atoms with van der Waals surface area (Å²) in [5, 5.41) is 3.11. The van der Waals surface area contributed by atoms with E-state index in [-0.39, 0.29) is 17.9 Å². The van der Waals surface area contributed by atoms with E-state index in [0.29, 0.717) is 18.0 Å². The Bertz CT molecular complexity index is 568. The molecule has 24 heavy (non-hydrogen) atoms. The SMILES string of the molecule is COc1ccc(C(CNC(=O)C2CC2)N2CCOCC2)cc1OC. The van der Waals surface area contributed by atoms with Crippen molar-refractivity contribution in [1.82, 2.24) is 10.2 Å². The van der Waals surface area contributed by atoms with E-state index < -0.39 is 0 Å². The number of carbonyl (C=O) groups is 1. The Labute approximate surface area is 143 Å². The molecular weight excluding hydrogens is 308 g/mol. The maximum absolute atomic E-state index is 12.0. The number of carbonyl (C=O) groups excluding carboxylic acids is 1. The van der Waals surface area contributed by atoms with E-state index in [1.165, 1.54) is 0 Å². The van der Waals surface area contributed by atoms with Gasteiger partial charge in [0.05, 0.1) is 33.5 Å². The van der Waals surface area contributed by atoms with E-state index in [9.17, 15) is 4.79 Å². The van der Waals surface area contributed by atoms with Gasteiger partial charge in [0.2, 0.25) is 5.91 Å². The fourth-order valence-corrected chi connectivity index (χ4v) is 3.09. The third kappa shape index (κ3) is 3.99. The second kappa shape index (κ2) is 7.85. The van der Waals surface area contributed by atoms with Gasteiger partial charge in [0.15, 0.2) is 11.5 Å². The molecule has 1 saturated carbocycles. The van der Waals surface area contributed by atoms with Crippen LogP contribution >= 0.6 is 0 Å². The highest BCUT2D eigenvalue weighted by molar-refractivity contribution is 5.80. The van der Waals surface area contributed by atoms with Gasteiger partial charge in [-0.2, -0.15) is 0 Å². The summed E-state index contributed by atoms with van der Waals surface area (Å²) in [6.45, 7) is 3.77. The molecule has 0 aromatic heterocycles. The highest BCUT2D eigenvalue weighted by atomic mass is 16.5. The van der Waals surface area contributed by atoms with E-state index in [1.807, 2.05) is 18.2 Å². The van der Waals surface area contributed by atoms with Crippen LogP contribution in [0, 0.1) is 5.92 Å². The first-order chi connectivity index (χ1) is 11.7. The highest BCUT2D eigenvalue weighted by Gasteiger charge is 2.31. The lowest BCUT2D eigenvalue weighted by Gasteiger charge is -2.35. The quantitative estimate of drug-likeness (QED) is 0.821. The molecule has 0 radical (unpaired) electrons. The van der Waals surface area contributed by atoms with Crippen LogP contribution in [0.15, 0.2) is 18.2 Å². The first-order valence-corrected chi connectivity index (χ1v) is 8.54. The standard InChI is InChI=1S/C18H26N2O4/c1-22-16-6-5-14(11-17(16)23-2)15(20-7-9-24-10-8-20)12-19-18(21)13-3-4-13/h5-6,11,13,15H,3-4,7-10,12H2,1-2H3,(H,19,21). The molecule has 1 aliphatic heterocycles. The van der Waals surface area contributed by atoms with Gasteiger partial charge in [0, 0.05) is 25.6 Å². The predicted octanol–water partition coefficient (Wildman–Crippen LogP) is 1.60. The van der Waals surface area contributed by atoms with E-state index in [2.05, 4.69) is 10.2 Å². The molecule has 0 bridgehead atoms. The van der Waals surface area contributed by atoms with Crippen molar-refractivity contribution in [3.8, 4) is 11.5 Å². The molecule has 1 heterocycles. The van der Waals surface area contributed by atoms with Crippen LogP contribution in [-0.4, -0.2) is 57.9 Å².